The molecule has 1 heterocycles. The zero-order valence-electron chi connectivity index (χ0n) is 11.0. The number of hydrogen-bond acceptors (Lipinski definition) is 2. The molecule has 0 amide bonds. The standard InChI is InChI=1S/C15H17F2NS/c1-10(2)15(14-7-4-8-19-14)18-9-11-12(16)5-3-6-13(11)17/h3-8,10,15,18H,9H2,1-2H3. The van der Waals surface area contributed by atoms with Crippen molar-refractivity contribution >= 4 is 11.3 Å². The smallest absolute Gasteiger partial charge is 0.130 e. The van der Waals surface area contributed by atoms with Crippen LogP contribution in [0.25, 0.3) is 0 Å². The topological polar surface area (TPSA) is 12.0 Å². The van der Waals surface area contributed by atoms with Gasteiger partial charge >= 0.3 is 0 Å². The first-order chi connectivity index (χ1) is 9.09. The number of halogens is 2. The molecule has 0 saturated carbocycles. The summed E-state index contributed by atoms with van der Waals surface area (Å²) in [6.45, 7) is 4.38. The van der Waals surface area contributed by atoms with E-state index in [0.29, 0.717) is 5.92 Å². The Balaban J connectivity index is 2.12. The van der Waals surface area contributed by atoms with Gasteiger partial charge in [-0.15, -0.1) is 11.3 Å². The van der Waals surface area contributed by atoms with Crippen molar-refractivity contribution in [1.29, 1.82) is 0 Å². The van der Waals surface area contributed by atoms with E-state index in [0.717, 1.165) is 0 Å². The highest BCUT2D eigenvalue weighted by Gasteiger charge is 2.17. The van der Waals surface area contributed by atoms with Gasteiger partial charge in [0.2, 0.25) is 0 Å². The number of nitrogens with one attached hydrogen (secondary N) is 1. The summed E-state index contributed by atoms with van der Waals surface area (Å²) in [6.07, 6.45) is 0. The van der Waals surface area contributed by atoms with Gasteiger partial charge in [0.25, 0.3) is 0 Å². The van der Waals surface area contributed by atoms with E-state index in [1.54, 1.807) is 11.3 Å². The van der Waals surface area contributed by atoms with Crippen molar-refractivity contribution in [2.75, 3.05) is 0 Å². The van der Waals surface area contributed by atoms with Crippen molar-refractivity contribution in [3.8, 4) is 0 Å². The summed E-state index contributed by atoms with van der Waals surface area (Å²) in [5.74, 6) is -0.643. The third kappa shape index (κ3) is 3.39. The Labute approximate surface area is 116 Å². The van der Waals surface area contributed by atoms with E-state index < -0.39 is 11.6 Å². The maximum Gasteiger partial charge on any atom is 0.130 e. The molecule has 1 atom stereocenters. The van der Waals surface area contributed by atoms with Crippen LogP contribution >= 0.6 is 11.3 Å². The van der Waals surface area contributed by atoms with Crippen molar-refractivity contribution in [3.63, 3.8) is 0 Å². The molecule has 1 N–H and O–H groups in total. The molecule has 1 aromatic carbocycles. The van der Waals surface area contributed by atoms with Gasteiger partial charge in [0.1, 0.15) is 11.6 Å². The molecule has 0 bridgehead atoms. The molecule has 1 nitrogen and oxygen atoms in total. The minimum Gasteiger partial charge on any atom is -0.305 e. The summed E-state index contributed by atoms with van der Waals surface area (Å²) in [5.41, 5.74) is 0.102. The third-order valence-corrected chi connectivity index (χ3v) is 4.03. The van der Waals surface area contributed by atoms with Crippen molar-refractivity contribution < 1.29 is 8.78 Å². The molecule has 2 aromatic rings. The van der Waals surface area contributed by atoms with Crippen LogP contribution in [0.15, 0.2) is 35.7 Å². The Bertz CT molecular complexity index is 503. The van der Waals surface area contributed by atoms with Crippen LogP contribution in [0.4, 0.5) is 8.78 Å². The van der Waals surface area contributed by atoms with E-state index in [1.807, 2.05) is 17.5 Å². The molecule has 0 fully saturated rings. The molecule has 0 saturated heterocycles. The number of hydrogen-bond donors (Lipinski definition) is 1. The fourth-order valence-corrected chi connectivity index (χ4v) is 3.02. The lowest BCUT2D eigenvalue weighted by molar-refractivity contribution is 0.406. The molecule has 0 aliphatic carbocycles. The largest absolute Gasteiger partial charge is 0.305 e. The summed E-state index contributed by atoms with van der Waals surface area (Å²) in [5, 5.41) is 5.26. The van der Waals surface area contributed by atoms with Crippen LogP contribution in [0, 0.1) is 17.6 Å². The highest BCUT2D eigenvalue weighted by Crippen LogP contribution is 2.26. The van der Waals surface area contributed by atoms with Gasteiger partial charge in [0.05, 0.1) is 0 Å². The molecular formula is C15H17F2NS. The second kappa shape index (κ2) is 6.26. The predicted molar refractivity (Wildman–Crippen MR) is 75.1 cm³/mol. The molecule has 0 spiro atoms. The van der Waals surface area contributed by atoms with Crippen LogP contribution in [0.1, 0.15) is 30.3 Å². The monoisotopic (exact) mass is 281 g/mol. The highest BCUT2D eigenvalue weighted by molar-refractivity contribution is 7.10. The molecule has 19 heavy (non-hydrogen) atoms. The summed E-state index contributed by atoms with van der Waals surface area (Å²) < 4.78 is 27.1. The average Bonchev–Trinajstić information content (AvgIpc) is 2.86. The fourth-order valence-electron chi connectivity index (χ4n) is 2.05. The van der Waals surface area contributed by atoms with Crippen LogP contribution in [-0.4, -0.2) is 0 Å². The van der Waals surface area contributed by atoms with Crippen molar-refractivity contribution in [2.24, 2.45) is 5.92 Å². The zero-order valence-corrected chi connectivity index (χ0v) is 11.8. The van der Waals surface area contributed by atoms with E-state index >= 15 is 0 Å². The van der Waals surface area contributed by atoms with Crippen LogP contribution in [-0.2, 0) is 6.54 Å². The first kappa shape index (κ1) is 14.2. The average molecular weight is 281 g/mol. The third-order valence-electron chi connectivity index (χ3n) is 3.08. The molecule has 2 rings (SSSR count). The van der Waals surface area contributed by atoms with Crippen molar-refractivity contribution in [2.45, 2.75) is 26.4 Å². The lowest BCUT2D eigenvalue weighted by Gasteiger charge is -2.21. The van der Waals surface area contributed by atoms with Crippen LogP contribution in [0.5, 0.6) is 0 Å². The first-order valence-electron chi connectivity index (χ1n) is 6.29. The molecule has 0 aliphatic rings. The van der Waals surface area contributed by atoms with Gasteiger partial charge < -0.3 is 5.32 Å². The van der Waals surface area contributed by atoms with Gasteiger partial charge in [-0.1, -0.05) is 26.0 Å². The van der Waals surface area contributed by atoms with E-state index in [9.17, 15) is 8.78 Å². The maximum absolute atomic E-state index is 13.6. The lowest BCUT2D eigenvalue weighted by Crippen LogP contribution is -2.25. The SMILES string of the molecule is CC(C)C(NCc1c(F)cccc1F)c1cccs1. The summed E-state index contributed by atoms with van der Waals surface area (Å²) >= 11 is 1.65. The Morgan fingerprint density at radius 1 is 1.11 bits per heavy atom. The van der Waals surface area contributed by atoms with Crippen LogP contribution in [0.2, 0.25) is 0 Å². The molecule has 1 unspecified atom stereocenters. The lowest BCUT2D eigenvalue weighted by atomic mass is 10.0. The van der Waals surface area contributed by atoms with E-state index in [-0.39, 0.29) is 18.2 Å². The molecule has 0 radical (unpaired) electrons. The second-order valence-corrected chi connectivity index (χ2v) is 5.80. The molecule has 4 heteroatoms. The predicted octanol–water partition coefficient (Wildman–Crippen LogP) is 4.51. The number of benzene rings is 1. The summed E-state index contributed by atoms with van der Waals surface area (Å²) in [7, 11) is 0. The normalized spacial score (nSPS) is 12.9. The number of rotatable bonds is 5. The Morgan fingerprint density at radius 2 is 1.79 bits per heavy atom. The maximum atomic E-state index is 13.6. The van der Waals surface area contributed by atoms with Gasteiger partial charge in [-0.05, 0) is 29.5 Å². The highest BCUT2D eigenvalue weighted by atomic mass is 32.1. The van der Waals surface area contributed by atoms with Crippen LogP contribution in [0.3, 0.4) is 0 Å². The summed E-state index contributed by atoms with van der Waals surface area (Å²) in [6, 6.07) is 8.10. The van der Waals surface area contributed by atoms with E-state index in [2.05, 4.69) is 19.2 Å². The molecule has 102 valence electrons. The van der Waals surface area contributed by atoms with E-state index in [4.69, 9.17) is 0 Å². The minimum atomic E-state index is -0.499. The second-order valence-electron chi connectivity index (χ2n) is 4.82. The van der Waals surface area contributed by atoms with E-state index in [1.165, 1.54) is 23.1 Å². The Hall–Kier alpha value is -1.26. The fraction of sp³-hybridized carbons (Fsp3) is 0.333. The zero-order chi connectivity index (χ0) is 13.8. The van der Waals surface area contributed by atoms with Gasteiger partial charge in [-0.2, -0.15) is 0 Å². The first-order valence-corrected chi connectivity index (χ1v) is 7.17. The van der Waals surface area contributed by atoms with Gasteiger partial charge in [-0.25, -0.2) is 8.78 Å². The number of thiophene rings is 1. The summed E-state index contributed by atoms with van der Waals surface area (Å²) in [4.78, 5) is 1.19. The minimum absolute atomic E-state index is 0.102. The molecular weight excluding hydrogens is 264 g/mol. The Kier molecular flexibility index (Phi) is 4.66. The molecule has 1 aromatic heterocycles. The van der Waals surface area contributed by atoms with Crippen molar-refractivity contribution in [3.05, 3.63) is 57.8 Å². The van der Waals surface area contributed by atoms with Crippen molar-refractivity contribution in [1.82, 2.24) is 5.32 Å². The molecule has 0 aliphatic heterocycles. The quantitative estimate of drug-likeness (QED) is 0.850. The van der Waals surface area contributed by atoms with Gasteiger partial charge in [0, 0.05) is 23.0 Å². The van der Waals surface area contributed by atoms with Gasteiger partial charge in [0.15, 0.2) is 0 Å². The van der Waals surface area contributed by atoms with Gasteiger partial charge in [-0.3, -0.25) is 0 Å². The van der Waals surface area contributed by atoms with Crippen LogP contribution < -0.4 is 5.32 Å². The Morgan fingerprint density at radius 3 is 2.32 bits per heavy atom.